The average Bonchev–Trinajstić information content (AvgIpc) is 3.41. The zero-order chi connectivity index (χ0) is 21.8. The SMILES string of the molecule is COCCn1cccc1[C@H]1[C@H](c2ccccn2)NC(=S)N1c1ccc(OC)cc1OC. The van der Waals surface area contributed by atoms with Crippen molar-refractivity contribution < 1.29 is 14.2 Å². The molecule has 0 spiro atoms. The van der Waals surface area contributed by atoms with Gasteiger partial charge in [0, 0.05) is 37.8 Å². The number of aromatic nitrogens is 2. The first-order valence-corrected chi connectivity index (χ1v) is 10.5. The number of hydrogen-bond donors (Lipinski definition) is 1. The van der Waals surface area contributed by atoms with Crippen molar-refractivity contribution in [2.45, 2.75) is 18.6 Å². The van der Waals surface area contributed by atoms with Crippen molar-refractivity contribution in [2.75, 3.05) is 32.8 Å². The van der Waals surface area contributed by atoms with Crippen molar-refractivity contribution in [2.24, 2.45) is 0 Å². The lowest BCUT2D eigenvalue weighted by Crippen LogP contribution is -2.31. The summed E-state index contributed by atoms with van der Waals surface area (Å²) in [5.74, 6) is 1.41. The van der Waals surface area contributed by atoms with Crippen LogP contribution >= 0.6 is 12.2 Å². The second-order valence-corrected chi connectivity index (χ2v) is 7.54. The summed E-state index contributed by atoms with van der Waals surface area (Å²) in [5.41, 5.74) is 2.89. The maximum absolute atomic E-state index is 5.82. The first kappa shape index (κ1) is 21.1. The Bertz CT molecular complexity index is 1040. The van der Waals surface area contributed by atoms with Crippen molar-refractivity contribution in [3.05, 3.63) is 72.3 Å². The number of nitrogens with one attached hydrogen (secondary N) is 1. The molecule has 31 heavy (non-hydrogen) atoms. The number of thiocarbonyl (C=S) groups is 1. The first-order valence-electron chi connectivity index (χ1n) is 10.0. The molecular formula is C23H26N4O3S. The number of hydrogen-bond acceptors (Lipinski definition) is 5. The minimum atomic E-state index is -0.128. The third kappa shape index (κ3) is 4.08. The van der Waals surface area contributed by atoms with Crippen LogP contribution in [0, 0.1) is 0 Å². The highest BCUT2D eigenvalue weighted by atomic mass is 32.1. The maximum atomic E-state index is 5.82. The number of benzene rings is 1. The van der Waals surface area contributed by atoms with Gasteiger partial charge in [0.15, 0.2) is 5.11 Å². The molecule has 0 bridgehead atoms. The normalized spacial score (nSPS) is 18.2. The summed E-state index contributed by atoms with van der Waals surface area (Å²) in [6, 6.07) is 15.6. The molecule has 1 N–H and O–H groups in total. The summed E-state index contributed by atoms with van der Waals surface area (Å²) in [6.07, 6.45) is 3.87. The highest BCUT2D eigenvalue weighted by Crippen LogP contribution is 2.45. The van der Waals surface area contributed by atoms with E-state index >= 15 is 0 Å². The lowest BCUT2D eigenvalue weighted by atomic mass is 10.0. The molecule has 3 aromatic rings. The van der Waals surface area contributed by atoms with E-state index in [0.717, 1.165) is 29.4 Å². The van der Waals surface area contributed by atoms with Gasteiger partial charge < -0.3 is 29.0 Å². The van der Waals surface area contributed by atoms with Gasteiger partial charge in [-0.1, -0.05) is 6.07 Å². The van der Waals surface area contributed by atoms with Crippen LogP contribution in [0.1, 0.15) is 23.5 Å². The second-order valence-electron chi connectivity index (χ2n) is 7.15. The summed E-state index contributed by atoms with van der Waals surface area (Å²) < 4.78 is 18.6. The lowest BCUT2D eigenvalue weighted by Gasteiger charge is -2.30. The number of methoxy groups -OCH3 is 3. The number of nitrogens with zero attached hydrogens (tertiary/aromatic N) is 3. The summed E-state index contributed by atoms with van der Waals surface area (Å²) in [4.78, 5) is 6.71. The molecule has 0 unspecified atom stereocenters. The van der Waals surface area contributed by atoms with Crippen LogP contribution in [-0.2, 0) is 11.3 Å². The zero-order valence-electron chi connectivity index (χ0n) is 17.8. The Hall–Kier alpha value is -3.10. The summed E-state index contributed by atoms with van der Waals surface area (Å²) in [7, 11) is 5.00. The predicted octanol–water partition coefficient (Wildman–Crippen LogP) is 3.72. The zero-order valence-corrected chi connectivity index (χ0v) is 18.6. The molecule has 7 nitrogen and oxygen atoms in total. The highest BCUT2D eigenvalue weighted by Gasteiger charge is 2.43. The Morgan fingerprint density at radius 1 is 1.06 bits per heavy atom. The Morgan fingerprint density at radius 3 is 2.65 bits per heavy atom. The summed E-state index contributed by atoms with van der Waals surface area (Å²) in [6.45, 7) is 1.36. The molecule has 3 heterocycles. The number of anilines is 1. The maximum Gasteiger partial charge on any atom is 0.174 e. The highest BCUT2D eigenvalue weighted by molar-refractivity contribution is 7.80. The monoisotopic (exact) mass is 438 g/mol. The fraction of sp³-hybridized carbons (Fsp3) is 0.304. The molecular weight excluding hydrogens is 412 g/mol. The third-order valence-electron chi connectivity index (χ3n) is 5.45. The molecule has 0 aliphatic carbocycles. The van der Waals surface area contributed by atoms with E-state index in [2.05, 4.69) is 32.0 Å². The van der Waals surface area contributed by atoms with E-state index in [0.29, 0.717) is 17.5 Å². The molecule has 162 valence electrons. The van der Waals surface area contributed by atoms with Gasteiger partial charge in [-0.25, -0.2) is 0 Å². The van der Waals surface area contributed by atoms with Crippen LogP contribution in [-0.4, -0.2) is 42.6 Å². The number of rotatable bonds is 8. The van der Waals surface area contributed by atoms with Crippen LogP contribution in [0.25, 0.3) is 0 Å². The largest absolute Gasteiger partial charge is 0.497 e. The van der Waals surface area contributed by atoms with E-state index in [4.69, 9.17) is 26.4 Å². The van der Waals surface area contributed by atoms with Crippen molar-refractivity contribution in [3.63, 3.8) is 0 Å². The van der Waals surface area contributed by atoms with Crippen molar-refractivity contribution >= 4 is 23.0 Å². The van der Waals surface area contributed by atoms with Crippen LogP contribution in [0.3, 0.4) is 0 Å². The van der Waals surface area contributed by atoms with Gasteiger partial charge in [-0.15, -0.1) is 0 Å². The van der Waals surface area contributed by atoms with Gasteiger partial charge in [-0.05, 0) is 48.6 Å². The number of ether oxygens (including phenoxy) is 3. The standard InChI is InChI=1S/C23H26N4O3S/c1-28-14-13-26-12-6-8-19(26)22-21(17-7-4-5-11-24-17)25-23(31)27(22)18-10-9-16(29-2)15-20(18)30-3/h4-12,15,21-22H,13-14H2,1-3H3,(H,25,31)/t21-,22-/m0/s1. The molecule has 1 saturated heterocycles. The van der Waals surface area contributed by atoms with Crippen molar-refractivity contribution in [3.8, 4) is 11.5 Å². The average molecular weight is 439 g/mol. The molecule has 0 radical (unpaired) electrons. The van der Waals surface area contributed by atoms with Crippen molar-refractivity contribution in [1.82, 2.24) is 14.9 Å². The third-order valence-corrected chi connectivity index (χ3v) is 5.76. The Labute approximate surface area is 187 Å². The fourth-order valence-electron chi connectivity index (χ4n) is 3.99. The van der Waals surface area contributed by atoms with Gasteiger partial charge in [0.05, 0.1) is 38.2 Å². The van der Waals surface area contributed by atoms with Crippen LogP contribution < -0.4 is 19.7 Å². The number of pyridine rings is 1. The van der Waals surface area contributed by atoms with E-state index < -0.39 is 0 Å². The lowest BCUT2D eigenvalue weighted by molar-refractivity contribution is 0.186. The molecule has 1 aromatic carbocycles. The van der Waals surface area contributed by atoms with Crippen LogP contribution in [0.4, 0.5) is 5.69 Å². The second kappa shape index (κ2) is 9.36. The van der Waals surface area contributed by atoms with Crippen LogP contribution in [0.2, 0.25) is 0 Å². The minimum Gasteiger partial charge on any atom is -0.497 e. The Morgan fingerprint density at radius 2 is 1.94 bits per heavy atom. The molecule has 1 aliphatic rings. The smallest absolute Gasteiger partial charge is 0.174 e. The summed E-state index contributed by atoms with van der Waals surface area (Å²) in [5, 5.41) is 4.10. The molecule has 1 aliphatic heterocycles. The van der Waals surface area contributed by atoms with Gasteiger partial charge in [0.2, 0.25) is 0 Å². The first-order chi connectivity index (χ1) is 15.2. The van der Waals surface area contributed by atoms with Gasteiger partial charge in [0.25, 0.3) is 0 Å². The molecule has 0 amide bonds. The van der Waals surface area contributed by atoms with Gasteiger partial charge >= 0.3 is 0 Å². The van der Waals surface area contributed by atoms with E-state index in [-0.39, 0.29) is 12.1 Å². The summed E-state index contributed by atoms with van der Waals surface area (Å²) >= 11 is 5.82. The van der Waals surface area contributed by atoms with E-state index in [9.17, 15) is 0 Å². The van der Waals surface area contributed by atoms with Crippen molar-refractivity contribution in [1.29, 1.82) is 0 Å². The van der Waals surface area contributed by atoms with E-state index in [1.54, 1.807) is 27.5 Å². The van der Waals surface area contributed by atoms with Gasteiger partial charge in [0.1, 0.15) is 17.5 Å². The Balaban J connectivity index is 1.84. The van der Waals surface area contributed by atoms with E-state index in [1.807, 2.05) is 42.5 Å². The van der Waals surface area contributed by atoms with Crippen LogP contribution in [0.15, 0.2) is 60.9 Å². The molecule has 0 saturated carbocycles. The van der Waals surface area contributed by atoms with Gasteiger partial charge in [-0.2, -0.15) is 0 Å². The minimum absolute atomic E-state index is 0.128. The van der Waals surface area contributed by atoms with Gasteiger partial charge in [-0.3, -0.25) is 4.98 Å². The fourth-order valence-corrected chi connectivity index (χ4v) is 4.33. The predicted molar refractivity (Wildman–Crippen MR) is 124 cm³/mol. The topological polar surface area (TPSA) is 60.8 Å². The Kier molecular flexibility index (Phi) is 6.39. The van der Waals surface area contributed by atoms with E-state index in [1.165, 1.54) is 0 Å². The molecule has 1 fully saturated rings. The van der Waals surface area contributed by atoms with Crippen LogP contribution in [0.5, 0.6) is 11.5 Å². The molecule has 8 heteroatoms. The molecule has 2 atom stereocenters. The molecule has 2 aromatic heterocycles. The molecule has 4 rings (SSSR count). The quantitative estimate of drug-likeness (QED) is 0.538.